The predicted molar refractivity (Wildman–Crippen MR) is 253 cm³/mol. The van der Waals surface area contributed by atoms with Crippen LogP contribution in [0, 0.1) is 13.8 Å². The number of para-hydroxylation sites is 2. The molecule has 0 unspecified atom stereocenters. The molecule has 0 bridgehead atoms. The Bertz CT molecular complexity index is 2570. The van der Waals surface area contributed by atoms with Gasteiger partial charge in [-0.05, 0) is 130 Å². The average Bonchev–Trinajstić information content (AvgIpc) is 3.53. The zero-order valence-corrected chi connectivity index (χ0v) is 36.6. The molecule has 0 heterocycles. The summed E-state index contributed by atoms with van der Waals surface area (Å²) in [4.78, 5) is 4.79. The van der Waals surface area contributed by atoms with Crippen LogP contribution in [-0.4, -0.2) is 16.1 Å². The lowest BCUT2D eigenvalue weighted by Crippen LogP contribution is -2.63. The van der Waals surface area contributed by atoms with Crippen molar-refractivity contribution >= 4 is 71.8 Å². The minimum atomic E-state index is -2.00. The van der Waals surface area contributed by atoms with Crippen LogP contribution in [0.2, 0.25) is 39.3 Å². The molecule has 282 valence electrons. The molecule has 1 aliphatic rings. The molecule has 0 atom stereocenters. The van der Waals surface area contributed by atoms with Crippen molar-refractivity contribution in [3.05, 3.63) is 192 Å². The van der Waals surface area contributed by atoms with Gasteiger partial charge in [0.25, 0.3) is 0 Å². The third-order valence-corrected chi connectivity index (χ3v) is 22.4. The van der Waals surface area contributed by atoms with Crippen LogP contribution in [0.5, 0.6) is 0 Å². The van der Waals surface area contributed by atoms with E-state index in [0.29, 0.717) is 0 Å². The first-order valence-electron chi connectivity index (χ1n) is 20.4. The Morgan fingerprint density at radius 3 is 1.04 bits per heavy atom. The van der Waals surface area contributed by atoms with Gasteiger partial charge in [-0.25, -0.2) is 0 Å². The normalized spacial score (nSPS) is 13.4. The summed E-state index contributed by atoms with van der Waals surface area (Å²) in [6.07, 6.45) is 0. The van der Waals surface area contributed by atoms with Crippen LogP contribution in [0.3, 0.4) is 0 Å². The number of anilines is 6. The lowest BCUT2D eigenvalue weighted by atomic mass is 9.97. The molecule has 0 saturated heterocycles. The van der Waals surface area contributed by atoms with Crippen LogP contribution < -0.4 is 9.80 Å². The number of fused-ring (bicyclic) bond motifs is 7. The molecule has 1 aliphatic carbocycles. The molecule has 0 saturated carbocycles. The summed E-state index contributed by atoms with van der Waals surface area (Å²) in [5.41, 5.74) is 15.5. The largest absolute Gasteiger partial charge is 0.310 e. The van der Waals surface area contributed by atoms with Crippen molar-refractivity contribution in [3.63, 3.8) is 0 Å². The topological polar surface area (TPSA) is 6.48 Å². The number of hydrogen-bond donors (Lipinski definition) is 0. The van der Waals surface area contributed by atoms with E-state index in [1.165, 1.54) is 55.2 Å². The standard InChI is InChI=1S/C53H52N2Si2/c1-37-19-25-43(26-20-37)54(41-15-11-9-12-16-41)45-29-33-47-39(35-45)23-31-49-50-32-24-40-36-46(55(42-17-13-10-14-18-42)44-27-21-38(2)22-28-44)30-34-48(40)52(50)53(51(47)49,56(3,4)5)57(6,7)8/h9-36H,1-8H3. The minimum absolute atomic E-state index is 0.0289. The maximum absolute atomic E-state index is 2.63. The van der Waals surface area contributed by atoms with Gasteiger partial charge in [0.15, 0.2) is 0 Å². The van der Waals surface area contributed by atoms with E-state index in [0.717, 1.165) is 22.7 Å². The Labute approximate surface area is 341 Å². The number of rotatable bonds is 8. The zero-order valence-electron chi connectivity index (χ0n) is 34.6. The highest BCUT2D eigenvalue weighted by molar-refractivity contribution is 7.00. The molecule has 0 amide bonds. The summed E-state index contributed by atoms with van der Waals surface area (Å²) in [7, 11) is -4.00. The average molecular weight is 773 g/mol. The van der Waals surface area contributed by atoms with Crippen LogP contribution in [0.25, 0.3) is 32.7 Å². The summed E-state index contributed by atoms with van der Waals surface area (Å²) in [5, 5.41) is 5.40. The lowest BCUT2D eigenvalue weighted by Gasteiger charge is -2.52. The fourth-order valence-corrected chi connectivity index (χ4v) is 23.4. The molecule has 2 nitrogen and oxygen atoms in total. The Balaban J connectivity index is 1.26. The predicted octanol–water partition coefficient (Wildman–Crippen LogP) is 15.6. The molecular weight excluding hydrogens is 721 g/mol. The Kier molecular flexibility index (Phi) is 8.91. The molecule has 8 aromatic rings. The fourth-order valence-electron chi connectivity index (χ4n) is 10.4. The van der Waals surface area contributed by atoms with E-state index in [1.807, 2.05) is 0 Å². The third kappa shape index (κ3) is 5.97. The van der Waals surface area contributed by atoms with E-state index >= 15 is 0 Å². The van der Waals surface area contributed by atoms with Crippen molar-refractivity contribution < 1.29 is 0 Å². The maximum atomic E-state index is 2.63. The van der Waals surface area contributed by atoms with Gasteiger partial charge in [0.1, 0.15) is 0 Å². The third-order valence-electron chi connectivity index (χ3n) is 12.4. The zero-order chi connectivity index (χ0) is 39.7. The van der Waals surface area contributed by atoms with Crippen LogP contribution >= 0.6 is 0 Å². The Morgan fingerprint density at radius 1 is 0.351 bits per heavy atom. The number of hydrogen-bond acceptors (Lipinski definition) is 2. The highest BCUT2D eigenvalue weighted by atomic mass is 28.4. The van der Waals surface area contributed by atoms with E-state index in [1.54, 1.807) is 11.1 Å². The second-order valence-corrected chi connectivity index (χ2v) is 29.1. The first kappa shape index (κ1) is 36.9. The van der Waals surface area contributed by atoms with Crippen LogP contribution in [-0.2, 0) is 4.66 Å². The van der Waals surface area contributed by atoms with Gasteiger partial charge in [0, 0.05) is 38.8 Å². The van der Waals surface area contributed by atoms with Crippen molar-refractivity contribution in [1.82, 2.24) is 0 Å². The smallest absolute Gasteiger partial charge is 0.0579 e. The molecular formula is C53H52N2Si2. The van der Waals surface area contributed by atoms with Gasteiger partial charge in [-0.3, -0.25) is 0 Å². The van der Waals surface area contributed by atoms with Gasteiger partial charge >= 0.3 is 0 Å². The van der Waals surface area contributed by atoms with Gasteiger partial charge < -0.3 is 9.80 Å². The van der Waals surface area contributed by atoms with E-state index in [2.05, 4.69) is 233 Å². The van der Waals surface area contributed by atoms with E-state index < -0.39 is 16.1 Å². The lowest BCUT2D eigenvalue weighted by molar-refractivity contribution is 0.972. The van der Waals surface area contributed by atoms with Crippen molar-refractivity contribution in [2.24, 2.45) is 0 Å². The summed E-state index contributed by atoms with van der Waals surface area (Å²) in [5.74, 6) is 0. The Hall–Kier alpha value is -5.69. The SMILES string of the molecule is Cc1ccc(N(c2ccccc2)c2ccc3c4c(ccc3c2)-c2ccc3cc(N(c5ccccc5)c5ccc(C)cc5)ccc3c2C4([Si](C)(C)C)[Si](C)(C)C)cc1. The molecule has 0 aromatic heterocycles. The quantitative estimate of drug-likeness (QED) is 0.142. The summed E-state index contributed by atoms with van der Waals surface area (Å²) >= 11 is 0. The van der Waals surface area contributed by atoms with E-state index in [4.69, 9.17) is 0 Å². The van der Waals surface area contributed by atoms with Crippen LogP contribution in [0.4, 0.5) is 34.1 Å². The number of aryl methyl sites for hydroxylation is 2. The second kappa shape index (κ2) is 13.8. The molecule has 0 aliphatic heterocycles. The van der Waals surface area contributed by atoms with E-state index in [9.17, 15) is 0 Å². The van der Waals surface area contributed by atoms with Gasteiger partial charge in [-0.2, -0.15) is 0 Å². The van der Waals surface area contributed by atoms with E-state index in [-0.39, 0.29) is 4.66 Å². The number of benzene rings is 8. The summed E-state index contributed by atoms with van der Waals surface area (Å²) in [6.45, 7) is 20.1. The molecule has 0 spiro atoms. The summed E-state index contributed by atoms with van der Waals surface area (Å²) < 4.78 is -0.0289. The molecule has 0 radical (unpaired) electrons. The van der Waals surface area contributed by atoms with Gasteiger partial charge in [-0.1, -0.05) is 147 Å². The maximum Gasteiger partial charge on any atom is 0.0579 e. The molecule has 0 N–H and O–H groups in total. The van der Waals surface area contributed by atoms with Crippen molar-refractivity contribution in [2.45, 2.75) is 57.8 Å². The van der Waals surface area contributed by atoms with Gasteiger partial charge in [-0.15, -0.1) is 0 Å². The highest BCUT2D eigenvalue weighted by Gasteiger charge is 2.60. The molecule has 57 heavy (non-hydrogen) atoms. The first-order chi connectivity index (χ1) is 27.4. The Morgan fingerprint density at radius 2 is 0.684 bits per heavy atom. The second-order valence-electron chi connectivity index (χ2n) is 18.1. The number of nitrogens with zero attached hydrogens (tertiary/aromatic N) is 2. The van der Waals surface area contributed by atoms with Gasteiger partial charge in [0.2, 0.25) is 0 Å². The fraction of sp³-hybridized carbons (Fsp3) is 0.170. The van der Waals surface area contributed by atoms with Crippen LogP contribution in [0.15, 0.2) is 170 Å². The van der Waals surface area contributed by atoms with Gasteiger partial charge in [0.05, 0.1) is 16.1 Å². The molecule has 8 aromatic carbocycles. The molecule has 9 rings (SSSR count). The van der Waals surface area contributed by atoms with Crippen LogP contribution in [0.1, 0.15) is 22.3 Å². The monoisotopic (exact) mass is 772 g/mol. The minimum Gasteiger partial charge on any atom is -0.310 e. The summed E-state index contributed by atoms with van der Waals surface area (Å²) in [6, 6.07) is 63.5. The van der Waals surface area contributed by atoms with Crippen molar-refractivity contribution in [3.8, 4) is 11.1 Å². The first-order valence-corrected chi connectivity index (χ1v) is 27.4. The molecule has 0 fully saturated rings. The van der Waals surface area contributed by atoms with Crippen molar-refractivity contribution in [1.29, 1.82) is 0 Å². The molecule has 4 heteroatoms. The highest BCUT2D eigenvalue weighted by Crippen LogP contribution is 2.61. The van der Waals surface area contributed by atoms with Crippen molar-refractivity contribution in [2.75, 3.05) is 9.80 Å².